The Bertz CT molecular complexity index is 629. The van der Waals surface area contributed by atoms with E-state index in [2.05, 4.69) is 27.1 Å². The van der Waals surface area contributed by atoms with Gasteiger partial charge in [0.2, 0.25) is 0 Å². The van der Waals surface area contributed by atoms with E-state index in [4.69, 9.17) is 5.73 Å². The standard InChI is InChI=1S/C14H12N4O/c15-7-1-4-11-5-2-9-17-13(11)14(19)18-12-6-3-8-16-10-12/h2-3,5-6,8-10H,7,15H2,(H,18,19). The molecule has 0 saturated heterocycles. The van der Waals surface area contributed by atoms with Crippen molar-refractivity contribution in [3.63, 3.8) is 0 Å². The fourth-order valence-electron chi connectivity index (χ4n) is 1.46. The molecule has 3 N–H and O–H groups in total. The number of aromatic nitrogens is 2. The molecule has 0 bridgehead atoms. The van der Waals surface area contributed by atoms with E-state index in [1.807, 2.05) is 0 Å². The first-order valence-corrected chi connectivity index (χ1v) is 5.66. The summed E-state index contributed by atoms with van der Waals surface area (Å²) in [5.41, 5.74) is 6.75. The topological polar surface area (TPSA) is 80.9 Å². The molecule has 0 aliphatic carbocycles. The van der Waals surface area contributed by atoms with Crippen LogP contribution in [-0.2, 0) is 0 Å². The number of rotatable bonds is 2. The zero-order valence-corrected chi connectivity index (χ0v) is 10.1. The highest BCUT2D eigenvalue weighted by atomic mass is 16.1. The lowest BCUT2D eigenvalue weighted by Gasteiger charge is -2.05. The number of nitrogens with one attached hydrogen (secondary N) is 1. The first-order chi connectivity index (χ1) is 9.31. The number of pyridine rings is 2. The van der Waals surface area contributed by atoms with Crippen molar-refractivity contribution < 1.29 is 4.79 Å². The maximum Gasteiger partial charge on any atom is 0.275 e. The van der Waals surface area contributed by atoms with Gasteiger partial charge in [0.1, 0.15) is 5.69 Å². The molecule has 19 heavy (non-hydrogen) atoms. The third kappa shape index (κ3) is 3.37. The van der Waals surface area contributed by atoms with Crippen molar-refractivity contribution in [1.82, 2.24) is 9.97 Å². The first kappa shape index (κ1) is 12.7. The molecule has 0 aromatic carbocycles. The lowest BCUT2D eigenvalue weighted by atomic mass is 10.2. The molecular weight excluding hydrogens is 240 g/mol. The minimum absolute atomic E-state index is 0.235. The van der Waals surface area contributed by atoms with Gasteiger partial charge in [0.05, 0.1) is 24.0 Å². The van der Waals surface area contributed by atoms with Crippen LogP contribution >= 0.6 is 0 Å². The molecule has 1 amide bonds. The molecule has 0 aliphatic rings. The van der Waals surface area contributed by atoms with Gasteiger partial charge in [-0.25, -0.2) is 4.98 Å². The number of nitrogens with two attached hydrogens (primary N) is 1. The Kier molecular flexibility index (Phi) is 4.21. The van der Waals surface area contributed by atoms with E-state index in [9.17, 15) is 4.79 Å². The van der Waals surface area contributed by atoms with Crippen LogP contribution in [0.2, 0.25) is 0 Å². The number of carbonyl (C=O) groups is 1. The van der Waals surface area contributed by atoms with Crippen LogP contribution in [0.1, 0.15) is 16.1 Å². The molecule has 5 heteroatoms. The molecule has 0 radical (unpaired) electrons. The maximum atomic E-state index is 12.1. The van der Waals surface area contributed by atoms with E-state index in [1.165, 1.54) is 0 Å². The summed E-state index contributed by atoms with van der Waals surface area (Å²) in [7, 11) is 0. The van der Waals surface area contributed by atoms with Crippen LogP contribution in [0.25, 0.3) is 0 Å². The number of nitrogens with zero attached hydrogens (tertiary/aromatic N) is 2. The Balaban J connectivity index is 2.24. The molecule has 5 nitrogen and oxygen atoms in total. The Hall–Kier alpha value is -2.71. The molecule has 0 fully saturated rings. The van der Waals surface area contributed by atoms with Crippen molar-refractivity contribution in [2.45, 2.75) is 0 Å². The minimum atomic E-state index is -0.324. The number of carbonyl (C=O) groups excluding carboxylic acids is 1. The molecule has 2 aromatic heterocycles. The zero-order valence-electron chi connectivity index (χ0n) is 10.1. The fraction of sp³-hybridized carbons (Fsp3) is 0.0714. The summed E-state index contributed by atoms with van der Waals surface area (Å²) in [5, 5.41) is 2.71. The first-order valence-electron chi connectivity index (χ1n) is 5.66. The molecule has 0 saturated carbocycles. The van der Waals surface area contributed by atoms with E-state index < -0.39 is 0 Å². The quantitative estimate of drug-likeness (QED) is 0.782. The lowest BCUT2D eigenvalue weighted by Crippen LogP contribution is -2.15. The average molecular weight is 252 g/mol. The molecule has 0 atom stereocenters. The van der Waals surface area contributed by atoms with Crippen LogP contribution in [0, 0.1) is 11.8 Å². The Labute approximate surface area is 110 Å². The van der Waals surface area contributed by atoms with Crippen LogP contribution in [0.15, 0.2) is 42.9 Å². The molecule has 2 heterocycles. The highest BCUT2D eigenvalue weighted by Gasteiger charge is 2.11. The predicted octanol–water partition coefficient (Wildman–Crippen LogP) is 1.04. The molecule has 0 unspecified atom stereocenters. The maximum absolute atomic E-state index is 12.1. The predicted molar refractivity (Wildman–Crippen MR) is 72.4 cm³/mol. The monoisotopic (exact) mass is 252 g/mol. The van der Waals surface area contributed by atoms with Crippen LogP contribution in [0.3, 0.4) is 0 Å². The highest BCUT2D eigenvalue weighted by molar-refractivity contribution is 6.04. The number of anilines is 1. The van der Waals surface area contributed by atoms with Crippen LogP contribution in [0.4, 0.5) is 5.69 Å². The highest BCUT2D eigenvalue weighted by Crippen LogP contribution is 2.08. The van der Waals surface area contributed by atoms with Gasteiger partial charge in [0.25, 0.3) is 5.91 Å². The number of hydrogen-bond donors (Lipinski definition) is 2. The van der Waals surface area contributed by atoms with Crippen molar-refractivity contribution in [2.24, 2.45) is 5.73 Å². The Morgan fingerprint density at radius 3 is 2.89 bits per heavy atom. The summed E-state index contributed by atoms with van der Waals surface area (Å²) in [4.78, 5) is 20.1. The largest absolute Gasteiger partial charge is 0.320 e. The van der Waals surface area contributed by atoms with Gasteiger partial charge < -0.3 is 11.1 Å². The molecule has 2 aromatic rings. The smallest absolute Gasteiger partial charge is 0.275 e. The van der Waals surface area contributed by atoms with Crippen LogP contribution in [-0.4, -0.2) is 22.4 Å². The Morgan fingerprint density at radius 1 is 1.32 bits per heavy atom. The number of hydrogen-bond acceptors (Lipinski definition) is 4. The molecule has 2 rings (SSSR count). The SMILES string of the molecule is NCC#Cc1cccnc1C(=O)Nc1cccnc1. The van der Waals surface area contributed by atoms with Gasteiger partial charge in [0, 0.05) is 12.4 Å². The number of amides is 1. The van der Waals surface area contributed by atoms with Gasteiger partial charge in [-0.2, -0.15) is 0 Å². The normalized spacial score (nSPS) is 9.32. The van der Waals surface area contributed by atoms with E-state index in [-0.39, 0.29) is 18.1 Å². The molecule has 0 aliphatic heterocycles. The molecule has 0 spiro atoms. The van der Waals surface area contributed by atoms with E-state index in [0.29, 0.717) is 11.3 Å². The van der Waals surface area contributed by atoms with Crippen molar-refractivity contribution in [3.05, 3.63) is 54.1 Å². The second-order valence-electron chi connectivity index (χ2n) is 3.60. The second-order valence-corrected chi connectivity index (χ2v) is 3.60. The third-order valence-corrected chi connectivity index (χ3v) is 2.27. The summed E-state index contributed by atoms with van der Waals surface area (Å²) < 4.78 is 0. The fourth-order valence-corrected chi connectivity index (χ4v) is 1.46. The summed E-state index contributed by atoms with van der Waals surface area (Å²) in [6.45, 7) is 0.235. The summed E-state index contributed by atoms with van der Waals surface area (Å²) in [5.74, 6) is 5.21. The lowest BCUT2D eigenvalue weighted by molar-refractivity contribution is 0.102. The van der Waals surface area contributed by atoms with E-state index in [0.717, 1.165) is 0 Å². The van der Waals surface area contributed by atoms with Crippen molar-refractivity contribution in [2.75, 3.05) is 11.9 Å². The third-order valence-electron chi connectivity index (χ3n) is 2.27. The van der Waals surface area contributed by atoms with Gasteiger partial charge in [0.15, 0.2) is 0 Å². The van der Waals surface area contributed by atoms with Gasteiger partial charge in [-0.05, 0) is 24.3 Å². The summed E-state index contributed by atoms with van der Waals surface area (Å²) in [6.07, 6.45) is 4.74. The molecular formula is C14H12N4O. The minimum Gasteiger partial charge on any atom is -0.320 e. The second kappa shape index (κ2) is 6.28. The van der Waals surface area contributed by atoms with Gasteiger partial charge >= 0.3 is 0 Å². The van der Waals surface area contributed by atoms with Gasteiger partial charge in [-0.1, -0.05) is 11.8 Å². The van der Waals surface area contributed by atoms with Crippen LogP contribution < -0.4 is 11.1 Å². The van der Waals surface area contributed by atoms with Crippen LogP contribution in [0.5, 0.6) is 0 Å². The average Bonchev–Trinajstić information content (AvgIpc) is 2.46. The van der Waals surface area contributed by atoms with Crippen molar-refractivity contribution >= 4 is 11.6 Å². The zero-order chi connectivity index (χ0) is 13.5. The van der Waals surface area contributed by atoms with E-state index >= 15 is 0 Å². The van der Waals surface area contributed by atoms with E-state index in [1.54, 1.807) is 42.9 Å². The van der Waals surface area contributed by atoms with Gasteiger partial charge in [-0.3, -0.25) is 9.78 Å². The Morgan fingerprint density at radius 2 is 2.16 bits per heavy atom. The van der Waals surface area contributed by atoms with Crippen molar-refractivity contribution in [1.29, 1.82) is 0 Å². The van der Waals surface area contributed by atoms with Crippen molar-refractivity contribution in [3.8, 4) is 11.8 Å². The molecule has 94 valence electrons. The van der Waals surface area contributed by atoms with Gasteiger partial charge in [-0.15, -0.1) is 0 Å². The summed E-state index contributed by atoms with van der Waals surface area (Å²) >= 11 is 0. The summed E-state index contributed by atoms with van der Waals surface area (Å²) in [6, 6.07) is 6.94.